The fraction of sp³-hybridized carbons (Fsp3) is 0.333. The van der Waals surface area contributed by atoms with Crippen molar-refractivity contribution in [1.29, 1.82) is 0 Å². The molecule has 0 bridgehead atoms. The lowest BCUT2D eigenvalue weighted by Gasteiger charge is -2.03. The lowest BCUT2D eigenvalue weighted by atomic mass is 10.3. The van der Waals surface area contributed by atoms with E-state index in [1.165, 1.54) is 6.26 Å². The number of anilines is 2. The molecule has 0 heterocycles. The van der Waals surface area contributed by atoms with E-state index in [-0.39, 0.29) is 0 Å². The highest BCUT2D eigenvalue weighted by Gasteiger charge is 1.93. The molecule has 0 saturated carbocycles. The summed E-state index contributed by atoms with van der Waals surface area (Å²) in [5, 5.41) is 0. The van der Waals surface area contributed by atoms with Crippen LogP contribution < -0.4 is 11.2 Å². The van der Waals surface area contributed by atoms with E-state index in [1.54, 1.807) is 24.3 Å². The van der Waals surface area contributed by atoms with Crippen LogP contribution in [0.15, 0.2) is 24.3 Å². The molecule has 0 aromatic heterocycles. The molecule has 0 spiro atoms. The van der Waals surface area contributed by atoms with Crippen LogP contribution >= 0.6 is 0 Å². The van der Waals surface area contributed by atoms with Crippen molar-refractivity contribution in [2.45, 2.75) is 13.8 Å². The number of nitrogens with two attached hydrogens (primary N) is 1. The molecule has 0 aliphatic carbocycles. The van der Waals surface area contributed by atoms with Gasteiger partial charge in [-0.15, -0.1) is 0 Å². The summed E-state index contributed by atoms with van der Waals surface area (Å²) in [6, 6.07) is 6.99. The number of nitrogens with one attached hydrogen (secondary N) is 1. The average molecular weight is 216 g/mol. The number of nitrogen functional groups attached to an aromatic ring is 1. The van der Waals surface area contributed by atoms with Crippen LogP contribution in [0.2, 0.25) is 0 Å². The molecule has 3 N–H and O–H groups in total. The number of hydrogen-bond donors (Lipinski definition) is 2. The minimum absolute atomic E-state index is 0.630. The minimum atomic E-state index is -1.32. The zero-order valence-corrected chi connectivity index (χ0v) is 9.43. The van der Waals surface area contributed by atoms with Crippen LogP contribution in [0.5, 0.6) is 0 Å². The Kier molecular flexibility index (Phi) is 6.78. The first-order valence-electron chi connectivity index (χ1n) is 4.31. The highest BCUT2D eigenvalue weighted by atomic mass is 32.2. The van der Waals surface area contributed by atoms with Crippen LogP contribution in [0.3, 0.4) is 0 Å². The van der Waals surface area contributed by atoms with Crippen molar-refractivity contribution in [3.63, 3.8) is 0 Å². The third-order valence-electron chi connectivity index (χ3n) is 1.16. The number of hydrogen-bond acceptors (Lipinski definition) is 4. The van der Waals surface area contributed by atoms with E-state index in [0.29, 0.717) is 11.4 Å². The molecular weight excluding hydrogens is 200 g/mol. The third kappa shape index (κ3) is 5.55. The topological polar surface area (TPSA) is 64.3 Å². The highest BCUT2D eigenvalue weighted by Crippen LogP contribution is 2.11. The van der Waals surface area contributed by atoms with Crippen LogP contribution in [0.4, 0.5) is 11.4 Å². The Morgan fingerprint density at radius 2 is 2.07 bits per heavy atom. The van der Waals surface area contributed by atoms with Crippen molar-refractivity contribution >= 4 is 22.5 Å². The SMILES string of the molecule is CC.CS(=O)ONc1cccc(N)c1. The van der Waals surface area contributed by atoms with Crippen molar-refractivity contribution in [3.05, 3.63) is 24.3 Å². The molecule has 1 unspecified atom stereocenters. The Labute approximate surface area is 87.1 Å². The molecule has 0 radical (unpaired) electrons. The van der Waals surface area contributed by atoms with Gasteiger partial charge in [0.25, 0.3) is 0 Å². The van der Waals surface area contributed by atoms with E-state index in [2.05, 4.69) is 9.76 Å². The van der Waals surface area contributed by atoms with Crippen molar-refractivity contribution < 1.29 is 8.49 Å². The first-order chi connectivity index (χ1) is 6.68. The summed E-state index contributed by atoms with van der Waals surface area (Å²) in [4.78, 5) is 0. The van der Waals surface area contributed by atoms with Crippen molar-refractivity contribution in [2.24, 2.45) is 0 Å². The van der Waals surface area contributed by atoms with Gasteiger partial charge >= 0.3 is 0 Å². The predicted octanol–water partition coefficient (Wildman–Crippen LogP) is 1.93. The Hall–Kier alpha value is -1.07. The maximum Gasteiger partial charge on any atom is 0.176 e. The van der Waals surface area contributed by atoms with Crippen LogP contribution in [0.25, 0.3) is 0 Å². The molecule has 0 aliphatic rings. The molecular formula is C9H16N2O2S. The second-order valence-corrected chi connectivity index (χ2v) is 3.18. The molecule has 1 aromatic carbocycles. The van der Waals surface area contributed by atoms with E-state index in [4.69, 9.17) is 5.73 Å². The van der Waals surface area contributed by atoms with Crippen molar-refractivity contribution in [3.8, 4) is 0 Å². The lowest BCUT2D eigenvalue weighted by Crippen LogP contribution is -2.02. The van der Waals surface area contributed by atoms with E-state index >= 15 is 0 Å². The van der Waals surface area contributed by atoms with Crippen molar-refractivity contribution in [1.82, 2.24) is 0 Å². The van der Waals surface area contributed by atoms with Gasteiger partial charge in [0, 0.05) is 11.9 Å². The van der Waals surface area contributed by atoms with Gasteiger partial charge in [0.05, 0.1) is 5.69 Å². The molecule has 1 aromatic rings. The Morgan fingerprint density at radius 3 is 2.57 bits per heavy atom. The fourth-order valence-corrected chi connectivity index (χ4v) is 0.923. The van der Waals surface area contributed by atoms with Crippen LogP contribution in [-0.4, -0.2) is 10.5 Å². The molecule has 14 heavy (non-hydrogen) atoms. The van der Waals surface area contributed by atoms with Gasteiger partial charge in [-0.05, 0) is 18.2 Å². The second-order valence-electron chi connectivity index (χ2n) is 2.21. The van der Waals surface area contributed by atoms with Gasteiger partial charge < -0.3 is 5.73 Å². The summed E-state index contributed by atoms with van der Waals surface area (Å²) < 4.78 is 15.1. The van der Waals surface area contributed by atoms with Gasteiger partial charge in [-0.2, -0.15) is 4.28 Å². The maximum absolute atomic E-state index is 10.5. The van der Waals surface area contributed by atoms with Gasteiger partial charge in [0.2, 0.25) is 0 Å². The number of rotatable bonds is 3. The van der Waals surface area contributed by atoms with Gasteiger partial charge in [-0.25, -0.2) is 4.21 Å². The zero-order chi connectivity index (χ0) is 11.0. The zero-order valence-electron chi connectivity index (χ0n) is 8.61. The second kappa shape index (κ2) is 7.34. The average Bonchev–Trinajstić information content (AvgIpc) is 2.18. The highest BCUT2D eigenvalue weighted by molar-refractivity contribution is 7.79. The third-order valence-corrected chi connectivity index (χ3v) is 1.48. The Morgan fingerprint density at radius 1 is 1.43 bits per heavy atom. The van der Waals surface area contributed by atoms with Crippen LogP contribution in [-0.2, 0) is 15.4 Å². The molecule has 1 atom stereocenters. The summed E-state index contributed by atoms with van der Waals surface area (Å²) in [6.07, 6.45) is 1.43. The quantitative estimate of drug-likeness (QED) is 0.598. The van der Waals surface area contributed by atoms with E-state index in [1.807, 2.05) is 13.8 Å². The van der Waals surface area contributed by atoms with Gasteiger partial charge in [0.15, 0.2) is 11.1 Å². The molecule has 0 saturated heterocycles. The summed E-state index contributed by atoms with van der Waals surface area (Å²) in [6.45, 7) is 4.00. The van der Waals surface area contributed by atoms with Gasteiger partial charge in [0.1, 0.15) is 0 Å². The largest absolute Gasteiger partial charge is 0.399 e. The summed E-state index contributed by atoms with van der Waals surface area (Å²) >= 11 is -1.32. The fourth-order valence-electron chi connectivity index (χ4n) is 0.709. The predicted molar refractivity (Wildman–Crippen MR) is 61.0 cm³/mol. The Bertz CT molecular complexity index is 292. The maximum atomic E-state index is 10.5. The van der Waals surface area contributed by atoms with E-state index in [0.717, 1.165) is 0 Å². The summed E-state index contributed by atoms with van der Waals surface area (Å²) in [5.74, 6) is 0. The monoisotopic (exact) mass is 216 g/mol. The van der Waals surface area contributed by atoms with Crippen LogP contribution in [0, 0.1) is 0 Å². The first-order valence-corrected chi connectivity index (χ1v) is 5.79. The smallest absolute Gasteiger partial charge is 0.176 e. The molecule has 1 rings (SSSR count). The minimum Gasteiger partial charge on any atom is -0.399 e. The van der Waals surface area contributed by atoms with Gasteiger partial charge in [-0.1, -0.05) is 19.9 Å². The molecule has 80 valence electrons. The summed E-state index contributed by atoms with van der Waals surface area (Å²) in [5.41, 5.74) is 9.31. The normalized spacial score (nSPS) is 11.1. The molecule has 4 nitrogen and oxygen atoms in total. The van der Waals surface area contributed by atoms with E-state index < -0.39 is 11.1 Å². The van der Waals surface area contributed by atoms with Crippen molar-refractivity contribution in [2.75, 3.05) is 17.5 Å². The molecule has 0 amide bonds. The Balaban J connectivity index is 0.000000791. The molecule has 0 fully saturated rings. The molecule has 5 heteroatoms. The van der Waals surface area contributed by atoms with E-state index in [9.17, 15) is 4.21 Å². The van der Waals surface area contributed by atoms with Gasteiger partial charge in [-0.3, -0.25) is 5.48 Å². The van der Waals surface area contributed by atoms with Crippen LogP contribution in [0.1, 0.15) is 13.8 Å². The lowest BCUT2D eigenvalue weighted by molar-refractivity contribution is 0.440. The summed E-state index contributed by atoms with van der Waals surface area (Å²) in [7, 11) is 0. The molecule has 0 aliphatic heterocycles. The standard InChI is InChI=1S/C7H10N2O2S.C2H6/c1-12(10)11-9-7-4-2-3-6(8)5-7;1-2/h2-5,9H,8H2,1H3;1-2H3. The number of benzene rings is 1. The first kappa shape index (κ1) is 12.9.